The van der Waals surface area contributed by atoms with Gasteiger partial charge in [0.1, 0.15) is 11.6 Å². The van der Waals surface area contributed by atoms with Crippen LogP contribution >= 0.6 is 11.8 Å². The van der Waals surface area contributed by atoms with Gasteiger partial charge >= 0.3 is 6.03 Å². The third-order valence-electron chi connectivity index (χ3n) is 3.88. The van der Waals surface area contributed by atoms with Gasteiger partial charge in [-0.3, -0.25) is 0 Å². The van der Waals surface area contributed by atoms with Crippen molar-refractivity contribution in [2.45, 2.75) is 37.8 Å². The van der Waals surface area contributed by atoms with Crippen molar-refractivity contribution in [2.24, 2.45) is 0 Å². The van der Waals surface area contributed by atoms with Gasteiger partial charge in [-0.2, -0.15) is 11.8 Å². The lowest BCUT2D eigenvalue weighted by atomic mass is 10.0. The maximum Gasteiger partial charge on any atom is 0.315 e. The van der Waals surface area contributed by atoms with Crippen LogP contribution in [0.25, 0.3) is 0 Å². The van der Waals surface area contributed by atoms with Crippen LogP contribution in [0.15, 0.2) is 18.2 Å². The van der Waals surface area contributed by atoms with Gasteiger partial charge in [-0.25, -0.2) is 13.6 Å². The monoisotopic (exact) mass is 344 g/mol. The fourth-order valence-electron chi connectivity index (χ4n) is 2.57. The van der Waals surface area contributed by atoms with E-state index < -0.39 is 29.3 Å². The molecule has 0 aliphatic carbocycles. The second kappa shape index (κ2) is 7.97. The zero-order valence-corrected chi connectivity index (χ0v) is 13.9. The van der Waals surface area contributed by atoms with Gasteiger partial charge in [0, 0.05) is 23.9 Å². The smallest absolute Gasteiger partial charge is 0.315 e. The van der Waals surface area contributed by atoms with Crippen molar-refractivity contribution in [3.63, 3.8) is 0 Å². The first kappa shape index (κ1) is 18.0. The van der Waals surface area contributed by atoms with Gasteiger partial charge < -0.3 is 15.7 Å². The Balaban J connectivity index is 1.96. The standard InChI is InChI=1S/C16H22F2N2O2S/c1-2-3-14(12-5-4-11(17)8-13(12)18)20-15(21)19-9-16(22)6-7-23-10-16/h4-5,8,14,22H,2-3,6-7,9-10H2,1H3,(H2,19,20,21). The van der Waals surface area contributed by atoms with Crippen LogP contribution in [0.1, 0.15) is 37.8 Å². The van der Waals surface area contributed by atoms with Crippen LogP contribution in [0.2, 0.25) is 0 Å². The molecule has 0 spiro atoms. The zero-order chi connectivity index (χ0) is 16.9. The van der Waals surface area contributed by atoms with E-state index in [1.807, 2.05) is 6.92 Å². The molecule has 128 valence electrons. The van der Waals surface area contributed by atoms with E-state index in [-0.39, 0.29) is 12.1 Å². The fourth-order valence-corrected chi connectivity index (χ4v) is 3.86. The first-order chi connectivity index (χ1) is 10.9. The number of thioether (sulfide) groups is 1. The predicted octanol–water partition coefficient (Wildman–Crippen LogP) is 2.97. The highest BCUT2D eigenvalue weighted by atomic mass is 32.2. The summed E-state index contributed by atoms with van der Waals surface area (Å²) in [6.45, 7) is 2.09. The van der Waals surface area contributed by atoms with Gasteiger partial charge in [0.25, 0.3) is 0 Å². The average Bonchev–Trinajstić information content (AvgIpc) is 2.92. The molecule has 2 amide bonds. The summed E-state index contributed by atoms with van der Waals surface area (Å²) in [6.07, 6.45) is 1.92. The number of carbonyl (C=O) groups excluding carboxylic acids is 1. The molecule has 2 rings (SSSR count). The summed E-state index contributed by atoms with van der Waals surface area (Å²) < 4.78 is 26.9. The second-order valence-corrected chi connectivity index (χ2v) is 6.97. The minimum Gasteiger partial charge on any atom is -0.387 e. The van der Waals surface area contributed by atoms with E-state index in [0.29, 0.717) is 18.6 Å². The van der Waals surface area contributed by atoms with Gasteiger partial charge in [0.15, 0.2) is 0 Å². The summed E-state index contributed by atoms with van der Waals surface area (Å²) in [5, 5.41) is 15.6. The highest BCUT2D eigenvalue weighted by molar-refractivity contribution is 7.99. The topological polar surface area (TPSA) is 61.4 Å². The van der Waals surface area contributed by atoms with Crippen molar-refractivity contribution in [1.82, 2.24) is 10.6 Å². The summed E-state index contributed by atoms with van der Waals surface area (Å²) in [5.74, 6) is 0.151. The van der Waals surface area contributed by atoms with Gasteiger partial charge in [-0.1, -0.05) is 19.4 Å². The molecule has 4 nitrogen and oxygen atoms in total. The molecule has 1 heterocycles. The van der Waals surface area contributed by atoms with Crippen molar-refractivity contribution in [2.75, 3.05) is 18.1 Å². The Hall–Kier alpha value is -1.34. The molecule has 0 aromatic heterocycles. The minimum absolute atomic E-state index is 0.163. The summed E-state index contributed by atoms with van der Waals surface area (Å²) in [5.41, 5.74) is -0.609. The summed E-state index contributed by atoms with van der Waals surface area (Å²) in [6, 6.07) is 2.35. The van der Waals surface area contributed by atoms with Crippen LogP contribution in [-0.4, -0.2) is 34.8 Å². The van der Waals surface area contributed by atoms with Gasteiger partial charge in [0.05, 0.1) is 11.6 Å². The number of amides is 2. The van der Waals surface area contributed by atoms with Crippen LogP contribution in [0.4, 0.5) is 13.6 Å². The minimum atomic E-state index is -0.872. The molecule has 0 bridgehead atoms. The molecule has 2 unspecified atom stereocenters. The number of rotatable bonds is 6. The Kier molecular flexibility index (Phi) is 6.24. The molecule has 1 saturated heterocycles. The Bertz CT molecular complexity index is 551. The zero-order valence-electron chi connectivity index (χ0n) is 13.1. The Labute approximate surface area is 139 Å². The Morgan fingerprint density at radius 3 is 2.87 bits per heavy atom. The normalized spacial score (nSPS) is 21.9. The highest BCUT2D eigenvalue weighted by Gasteiger charge is 2.32. The predicted molar refractivity (Wildman–Crippen MR) is 87.4 cm³/mol. The molecule has 7 heteroatoms. The molecular weight excluding hydrogens is 322 g/mol. The van der Waals surface area contributed by atoms with Gasteiger partial charge in [-0.15, -0.1) is 0 Å². The van der Waals surface area contributed by atoms with Crippen LogP contribution in [0, 0.1) is 11.6 Å². The first-order valence-electron chi connectivity index (χ1n) is 7.73. The molecule has 1 aliphatic rings. The molecule has 2 atom stereocenters. The molecule has 23 heavy (non-hydrogen) atoms. The number of hydrogen-bond acceptors (Lipinski definition) is 3. The maximum absolute atomic E-state index is 13.9. The SMILES string of the molecule is CCCC(NC(=O)NCC1(O)CCSC1)c1ccc(F)cc1F. The van der Waals surface area contributed by atoms with Crippen molar-refractivity contribution < 1.29 is 18.7 Å². The lowest BCUT2D eigenvalue weighted by Gasteiger charge is -2.24. The largest absolute Gasteiger partial charge is 0.387 e. The van der Waals surface area contributed by atoms with Crippen molar-refractivity contribution in [1.29, 1.82) is 0 Å². The number of carbonyl (C=O) groups is 1. The number of hydrogen-bond donors (Lipinski definition) is 3. The summed E-state index contributed by atoms with van der Waals surface area (Å²) in [4.78, 5) is 12.0. The third kappa shape index (κ3) is 5.07. The number of benzene rings is 1. The molecular formula is C16H22F2N2O2S. The van der Waals surface area contributed by atoms with E-state index in [4.69, 9.17) is 0 Å². The van der Waals surface area contributed by atoms with E-state index in [9.17, 15) is 18.7 Å². The fraction of sp³-hybridized carbons (Fsp3) is 0.562. The van der Waals surface area contributed by atoms with Crippen molar-refractivity contribution in [3.8, 4) is 0 Å². The second-order valence-electron chi connectivity index (χ2n) is 5.86. The van der Waals surface area contributed by atoms with Crippen molar-refractivity contribution >= 4 is 17.8 Å². The van der Waals surface area contributed by atoms with E-state index in [2.05, 4.69) is 10.6 Å². The van der Waals surface area contributed by atoms with E-state index in [0.717, 1.165) is 18.2 Å². The first-order valence-corrected chi connectivity index (χ1v) is 8.88. The molecule has 0 saturated carbocycles. The summed E-state index contributed by atoms with van der Waals surface area (Å²) in [7, 11) is 0. The van der Waals surface area contributed by atoms with Crippen LogP contribution in [-0.2, 0) is 0 Å². The van der Waals surface area contributed by atoms with Crippen LogP contribution in [0.3, 0.4) is 0 Å². The lowest BCUT2D eigenvalue weighted by molar-refractivity contribution is 0.0698. The highest BCUT2D eigenvalue weighted by Crippen LogP contribution is 2.27. The number of halogens is 2. The molecule has 3 N–H and O–H groups in total. The molecule has 1 aromatic carbocycles. The molecule has 1 aromatic rings. The van der Waals surface area contributed by atoms with E-state index in [1.165, 1.54) is 12.1 Å². The van der Waals surface area contributed by atoms with Gasteiger partial charge in [0.2, 0.25) is 0 Å². The third-order valence-corrected chi connectivity index (χ3v) is 5.12. The number of urea groups is 1. The van der Waals surface area contributed by atoms with Crippen molar-refractivity contribution in [3.05, 3.63) is 35.4 Å². The number of nitrogens with one attached hydrogen (secondary N) is 2. The Morgan fingerprint density at radius 2 is 2.26 bits per heavy atom. The number of aliphatic hydroxyl groups is 1. The quantitative estimate of drug-likeness (QED) is 0.743. The average molecular weight is 344 g/mol. The molecule has 1 aliphatic heterocycles. The molecule has 1 fully saturated rings. The van der Waals surface area contributed by atoms with Crippen LogP contribution < -0.4 is 10.6 Å². The van der Waals surface area contributed by atoms with E-state index >= 15 is 0 Å². The summed E-state index contributed by atoms with van der Waals surface area (Å²) >= 11 is 1.65. The molecule has 0 radical (unpaired) electrons. The van der Waals surface area contributed by atoms with Gasteiger partial charge in [-0.05, 0) is 24.7 Å². The van der Waals surface area contributed by atoms with Crippen LogP contribution in [0.5, 0.6) is 0 Å². The lowest BCUT2D eigenvalue weighted by Crippen LogP contribution is -2.47. The maximum atomic E-state index is 13.9. The van der Waals surface area contributed by atoms with E-state index in [1.54, 1.807) is 11.8 Å². The Morgan fingerprint density at radius 1 is 1.48 bits per heavy atom.